The van der Waals surface area contributed by atoms with E-state index < -0.39 is 6.10 Å². The van der Waals surface area contributed by atoms with Crippen LogP contribution in [0.1, 0.15) is 68.7 Å². The van der Waals surface area contributed by atoms with Crippen LogP contribution < -0.4 is 0 Å². The maximum Gasteiger partial charge on any atom is 0.334 e. The van der Waals surface area contributed by atoms with Gasteiger partial charge in [0.2, 0.25) is 0 Å². The van der Waals surface area contributed by atoms with Gasteiger partial charge in [-0.1, -0.05) is 32.9 Å². The first-order valence-corrected chi connectivity index (χ1v) is 8.78. The molecular weight excluding hydrogens is 304 g/mol. The third kappa shape index (κ3) is 1.92. The van der Waals surface area contributed by atoms with Crippen molar-refractivity contribution in [3.05, 3.63) is 40.0 Å². The van der Waals surface area contributed by atoms with Crippen LogP contribution in [0, 0.1) is 5.92 Å². The van der Waals surface area contributed by atoms with Crippen LogP contribution in [0.25, 0.3) is 0 Å². The number of esters is 1. The second-order valence-corrected chi connectivity index (χ2v) is 7.92. The Labute approximate surface area is 142 Å². The fourth-order valence-corrected chi connectivity index (χ4v) is 4.96. The molecule has 0 amide bonds. The average molecular weight is 328 g/mol. The number of rotatable bonds is 1. The molecule has 4 heteroatoms. The average Bonchev–Trinajstić information content (AvgIpc) is 2.90. The molecule has 3 aliphatic rings. The van der Waals surface area contributed by atoms with E-state index in [4.69, 9.17) is 4.74 Å². The maximum atomic E-state index is 11.9. The van der Waals surface area contributed by atoms with E-state index in [2.05, 4.69) is 13.0 Å². The molecule has 4 rings (SSSR count). The molecule has 0 fully saturated rings. The number of fused-ring (bicyclic) bond motifs is 4. The number of aliphatic hydroxyl groups is 1. The topological polar surface area (TPSA) is 66.8 Å². The fraction of sp³-hybridized carbons (Fsp3) is 0.550. The lowest BCUT2D eigenvalue weighted by molar-refractivity contribution is -0.136. The summed E-state index contributed by atoms with van der Waals surface area (Å²) >= 11 is 0. The van der Waals surface area contributed by atoms with Crippen molar-refractivity contribution in [2.75, 3.05) is 6.61 Å². The molecule has 4 nitrogen and oxygen atoms in total. The van der Waals surface area contributed by atoms with Crippen molar-refractivity contribution < 1.29 is 19.7 Å². The van der Waals surface area contributed by atoms with Gasteiger partial charge in [-0.2, -0.15) is 0 Å². The Morgan fingerprint density at radius 1 is 1.33 bits per heavy atom. The Bertz CT molecular complexity index is 761. The maximum absolute atomic E-state index is 11.9. The molecule has 0 bridgehead atoms. The lowest BCUT2D eigenvalue weighted by Gasteiger charge is -2.48. The van der Waals surface area contributed by atoms with Gasteiger partial charge in [0.25, 0.3) is 0 Å². The summed E-state index contributed by atoms with van der Waals surface area (Å²) in [6.07, 6.45) is 1.38. The van der Waals surface area contributed by atoms with E-state index in [9.17, 15) is 15.0 Å². The smallest absolute Gasteiger partial charge is 0.334 e. The highest BCUT2D eigenvalue weighted by atomic mass is 16.5. The molecule has 128 valence electrons. The standard InChI is InChI=1S/C20H24O4/c1-10(2)11-4-5-14-17(18(11)22)16(21)8-15-13-9-24-19(23)12(13)6-7-20(14,15)3/h4-5,10,15-16,21-22H,6-9H2,1-3H3/t15-,16-,20+/m0/s1. The van der Waals surface area contributed by atoms with Crippen LogP contribution in [-0.2, 0) is 14.9 Å². The first-order chi connectivity index (χ1) is 11.3. The van der Waals surface area contributed by atoms with E-state index >= 15 is 0 Å². The van der Waals surface area contributed by atoms with Crippen molar-refractivity contribution in [3.63, 3.8) is 0 Å². The minimum Gasteiger partial charge on any atom is -0.507 e. The van der Waals surface area contributed by atoms with Gasteiger partial charge in [0.05, 0.1) is 6.10 Å². The number of hydrogen-bond acceptors (Lipinski definition) is 4. The minimum atomic E-state index is -0.709. The summed E-state index contributed by atoms with van der Waals surface area (Å²) in [6, 6.07) is 4.06. The number of carbonyl (C=O) groups is 1. The van der Waals surface area contributed by atoms with Crippen LogP contribution in [0.4, 0.5) is 0 Å². The first-order valence-electron chi connectivity index (χ1n) is 8.78. The number of benzene rings is 1. The van der Waals surface area contributed by atoms with E-state index in [1.807, 2.05) is 19.9 Å². The molecule has 0 saturated heterocycles. The summed E-state index contributed by atoms with van der Waals surface area (Å²) in [6.45, 7) is 6.64. The van der Waals surface area contributed by atoms with Crippen LogP contribution in [0.5, 0.6) is 5.75 Å². The van der Waals surface area contributed by atoms with Crippen LogP contribution in [0.15, 0.2) is 23.3 Å². The monoisotopic (exact) mass is 328 g/mol. The molecule has 0 unspecified atom stereocenters. The van der Waals surface area contributed by atoms with Crippen LogP contribution in [0.3, 0.4) is 0 Å². The molecule has 2 aliphatic carbocycles. The highest BCUT2D eigenvalue weighted by molar-refractivity contribution is 5.92. The summed E-state index contributed by atoms with van der Waals surface area (Å²) in [5.41, 5.74) is 4.30. The third-order valence-electron chi connectivity index (χ3n) is 6.35. The zero-order valence-electron chi connectivity index (χ0n) is 14.4. The molecule has 1 aromatic rings. The highest BCUT2D eigenvalue weighted by Gasteiger charge is 2.51. The van der Waals surface area contributed by atoms with Crippen molar-refractivity contribution in [1.82, 2.24) is 0 Å². The van der Waals surface area contributed by atoms with Crippen molar-refractivity contribution >= 4 is 5.97 Å². The van der Waals surface area contributed by atoms with Gasteiger partial charge in [-0.05, 0) is 47.8 Å². The van der Waals surface area contributed by atoms with E-state index in [1.165, 1.54) is 0 Å². The summed E-state index contributed by atoms with van der Waals surface area (Å²) in [7, 11) is 0. The number of carbonyl (C=O) groups excluding carboxylic acids is 1. The molecule has 0 spiro atoms. The minimum absolute atomic E-state index is 0.0968. The first kappa shape index (κ1) is 15.7. The number of phenolic OH excluding ortho intramolecular Hbond substituents is 1. The molecule has 2 N–H and O–H groups in total. The fourth-order valence-electron chi connectivity index (χ4n) is 4.96. The predicted molar refractivity (Wildman–Crippen MR) is 89.8 cm³/mol. The zero-order chi connectivity index (χ0) is 17.2. The quantitative estimate of drug-likeness (QED) is 0.775. The number of phenols is 1. The normalized spacial score (nSPS) is 31.6. The Morgan fingerprint density at radius 2 is 2.08 bits per heavy atom. The van der Waals surface area contributed by atoms with Gasteiger partial charge < -0.3 is 14.9 Å². The number of aliphatic hydroxyl groups excluding tert-OH is 1. The number of cyclic esters (lactones) is 1. The van der Waals surface area contributed by atoms with Crippen molar-refractivity contribution in [1.29, 1.82) is 0 Å². The number of aromatic hydroxyl groups is 1. The van der Waals surface area contributed by atoms with Crippen molar-refractivity contribution in [3.8, 4) is 5.75 Å². The molecular formula is C20H24O4. The molecule has 24 heavy (non-hydrogen) atoms. The third-order valence-corrected chi connectivity index (χ3v) is 6.35. The SMILES string of the molecule is CC(C)c1ccc2c(c1O)[C@@H](O)C[C@H]1C3=C(CC[C@]21C)C(=O)OC3. The largest absolute Gasteiger partial charge is 0.507 e. The zero-order valence-corrected chi connectivity index (χ0v) is 14.4. The predicted octanol–water partition coefficient (Wildman–Crippen LogP) is 3.47. The van der Waals surface area contributed by atoms with Gasteiger partial charge in [-0.15, -0.1) is 0 Å². The molecule has 0 saturated carbocycles. The summed E-state index contributed by atoms with van der Waals surface area (Å²) in [5, 5.41) is 21.5. The van der Waals surface area contributed by atoms with E-state index in [0.717, 1.165) is 28.7 Å². The van der Waals surface area contributed by atoms with Crippen LogP contribution >= 0.6 is 0 Å². The van der Waals surface area contributed by atoms with Gasteiger partial charge in [0.1, 0.15) is 12.4 Å². The second-order valence-electron chi connectivity index (χ2n) is 7.92. The second kappa shape index (κ2) is 5.09. The Kier molecular flexibility index (Phi) is 3.33. The molecule has 1 heterocycles. The molecule has 0 aromatic heterocycles. The summed E-state index contributed by atoms with van der Waals surface area (Å²) in [5.74, 6) is 0.354. The lowest BCUT2D eigenvalue weighted by atomic mass is 9.56. The van der Waals surface area contributed by atoms with E-state index in [1.54, 1.807) is 0 Å². The van der Waals surface area contributed by atoms with Crippen molar-refractivity contribution in [2.45, 2.75) is 57.5 Å². The van der Waals surface area contributed by atoms with Crippen molar-refractivity contribution in [2.24, 2.45) is 5.92 Å². The van der Waals surface area contributed by atoms with E-state index in [-0.39, 0.29) is 29.0 Å². The molecule has 0 radical (unpaired) electrons. The van der Waals surface area contributed by atoms with Crippen LogP contribution in [0.2, 0.25) is 0 Å². The Morgan fingerprint density at radius 3 is 2.79 bits per heavy atom. The summed E-state index contributed by atoms with van der Waals surface area (Å²) in [4.78, 5) is 11.9. The Balaban J connectivity index is 1.88. The molecule has 1 aliphatic heterocycles. The molecule has 3 atom stereocenters. The van der Waals surface area contributed by atoms with Gasteiger partial charge >= 0.3 is 5.97 Å². The number of hydrogen-bond donors (Lipinski definition) is 2. The number of ether oxygens (including phenoxy) is 1. The Hall–Kier alpha value is -1.81. The van der Waals surface area contributed by atoms with Gasteiger partial charge in [-0.3, -0.25) is 0 Å². The van der Waals surface area contributed by atoms with Crippen LogP contribution in [-0.4, -0.2) is 22.8 Å². The highest BCUT2D eigenvalue weighted by Crippen LogP contribution is 2.57. The molecule has 1 aromatic carbocycles. The van der Waals surface area contributed by atoms with Gasteiger partial charge in [0.15, 0.2) is 0 Å². The summed E-state index contributed by atoms with van der Waals surface area (Å²) < 4.78 is 5.25. The lowest BCUT2D eigenvalue weighted by Crippen LogP contribution is -2.42. The van der Waals surface area contributed by atoms with Gasteiger partial charge in [-0.25, -0.2) is 4.79 Å². The van der Waals surface area contributed by atoms with E-state index in [0.29, 0.717) is 25.0 Å². The van der Waals surface area contributed by atoms with Gasteiger partial charge in [0, 0.05) is 16.6 Å².